The van der Waals surface area contributed by atoms with Gasteiger partial charge >= 0.3 is 11.9 Å². The average Bonchev–Trinajstić information content (AvgIpc) is 3.42. The van der Waals surface area contributed by atoms with E-state index in [0.29, 0.717) is 29.6 Å². The zero-order valence-electron chi connectivity index (χ0n) is 17.5. The van der Waals surface area contributed by atoms with E-state index in [4.69, 9.17) is 9.47 Å². The number of ether oxygens (including phenoxy) is 2. The lowest BCUT2D eigenvalue weighted by Gasteiger charge is -2.28. The summed E-state index contributed by atoms with van der Waals surface area (Å²) >= 11 is 0. The molecule has 2 atom stereocenters. The van der Waals surface area contributed by atoms with Gasteiger partial charge in [0.1, 0.15) is 11.9 Å². The van der Waals surface area contributed by atoms with Crippen LogP contribution >= 0.6 is 0 Å². The van der Waals surface area contributed by atoms with Crippen LogP contribution in [0.25, 0.3) is 10.9 Å². The van der Waals surface area contributed by atoms with Gasteiger partial charge in [-0.1, -0.05) is 32.9 Å². The molecule has 1 aromatic heterocycles. The van der Waals surface area contributed by atoms with Crippen molar-refractivity contribution in [1.82, 2.24) is 9.66 Å². The molecular weight excluding hydrogens is 374 g/mol. The third-order valence-corrected chi connectivity index (χ3v) is 5.19. The van der Waals surface area contributed by atoms with Gasteiger partial charge in [-0.25, -0.2) is 14.5 Å². The summed E-state index contributed by atoms with van der Waals surface area (Å²) in [4.78, 5) is 42.5. The summed E-state index contributed by atoms with van der Waals surface area (Å²) in [5.74, 6) is -0.317. The van der Waals surface area contributed by atoms with E-state index in [-0.39, 0.29) is 18.0 Å². The maximum absolute atomic E-state index is 13.3. The van der Waals surface area contributed by atoms with Crippen molar-refractivity contribution in [3.05, 3.63) is 40.4 Å². The largest absolute Gasteiger partial charge is 0.467 e. The van der Waals surface area contributed by atoms with Crippen LogP contribution in [0, 0.1) is 5.92 Å². The van der Waals surface area contributed by atoms with Gasteiger partial charge in [0.2, 0.25) is 5.54 Å². The Hall–Kier alpha value is -2.90. The monoisotopic (exact) mass is 401 g/mol. The number of rotatable bonds is 7. The minimum Gasteiger partial charge on any atom is -0.467 e. The Morgan fingerprint density at radius 1 is 1.28 bits per heavy atom. The summed E-state index contributed by atoms with van der Waals surface area (Å²) < 4.78 is 12.1. The fourth-order valence-electron chi connectivity index (χ4n) is 3.80. The fraction of sp³-hybridized carbons (Fsp3) is 0.524. The predicted octanol–water partition coefficient (Wildman–Crippen LogP) is 1.80. The highest BCUT2D eigenvalue weighted by Crippen LogP contribution is 2.39. The number of carbonyl (C=O) groups excluding carboxylic acids is 2. The third-order valence-electron chi connectivity index (χ3n) is 5.19. The fourth-order valence-corrected chi connectivity index (χ4v) is 3.80. The summed E-state index contributed by atoms with van der Waals surface area (Å²) in [5, 5.41) is 2.08. The van der Waals surface area contributed by atoms with Crippen molar-refractivity contribution in [2.45, 2.75) is 52.2 Å². The predicted molar refractivity (Wildman–Crippen MR) is 108 cm³/mol. The van der Waals surface area contributed by atoms with E-state index in [1.54, 1.807) is 23.2 Å². The van der Waals surface area contributed by atoms with Gasteiger partial charge in [-0.3, -0.25) is 14.6 Å². The number of aromatic nitrogens is 2. The van der Waals surface area contributed by atoms with E-state index in [1.807, 2.05) is 26.8 Å². The van der Waals surface area contributed by atoms with Gasteiger partial charge in [-0.15, -0.1) is 0 Å². The van der Waals surface area contributed by atoms with E-state index >= 15 is 0 Å². The number of hydrogen-bond acceptors (Lipinski definition) is 7. The number of hydrogen-bond donors (Lipinski definition) is 0. The van der Waals surface area contributed by atoms with E-state index in [2.05, 4.69) is 4.98 Å². The van der Waals surface area contributed by atoms with Crippen LogP contribution in [0.4, 0.5) is 0 Å². The number of aryl methyl sites for hydroxylation is 1. The molecule has 8 nitrogen and oxygen atoms in total. The number of carbonyl (C=O) groups is 2. The van der Waals surface area contributed by atoms with Crippen molar-refractivity contribution in [1.29, 1.82) is 0 Å². The second-order valence-electron chi connectivity index (χ2n) is 7.72. The van der Waals surface area contributed by atoms with Gasteiger partial charge in [-0.2, -0.15) is 0 Å². The van der Waals surface area contributed by atoms with Gasteiger partial charge < -0.3 is 9.47 Å². The highest BCUT2D eigenvalue weighted by molar-refractivity contribution is 5.90. The molecule has 156 valence electrons. The van der Waals surface area contributed by atoms with Crippen LogP contribution in [-0.2, 0) is 25.5 Å². The van der Waals surface area contributed by atoms with Crippen molar-refractivity contribution in [2.24, 2.45) is 5.92 Å². The van der Waals surface area contributed by atoms with E-state index in [1.165, 1.54) is 18.7 Å². The molecule has 0 radical (unpaired) electrons. The molecule has 0 spiro atoms. The molecule has 8 heteroatoms. The van der Waals surface area contributed by atoms with Crippen LogP contribution in [0.5, 0.6) is 0 Å². The van der Waals surface area contributed by atoms with Gasteiger partial charge in [0.25, 0.3) is 5.56 Å². The summed E-state index contributed by atoms with van der Waals surface area (Å²) in [6.45, 7) is 7.38. The first-order valence-electron chi connectivity index (χ1n) is 9.80. The molecule has 1 aliphatic heterocycles. The number of esters is 2. The standard InChI is InChI=1S/C21H27N3O5/c1-6-18-22-16-10-8-7-9-15(16)19(26)24(18)23-12-21(23,20(27)28-5)17(11-13(2)3)29-14(4)25/h7-10,13,17H,6,11-12H2,1-5H3/t17-,21-,23?/m1/s1. The molecule has 29 heavy (non-hydrogen) atoms. The lowest BCUT2D eigenvalue weighted by Crippen LogP contribution is -2.50. The van der Waals surface area contributed by atoms with Gasteiger partial charge in [0.05, 0.1) is 24.6 Å². The van der Waals surface area contributed by atoms with Crippen molar-refractivity contribution in [2.75, 3.05) is 18.7 Å². The average molecular weight is 401 g/mol. The highest BCUT2D eigenvalue weighted by Gasteiger charge is 2.67. The molecule has 3 rings (SSSR count). The second-order valence-corrected chi connectivity index (χ2v) is 7.72. The molecule has 1 aromatic carbocycles. The Kier molecular flexibility index (Phi) is 5.64. The highest BCUT2D eigenvalue weighted by atomic mass is 16.6. The number of benzene rings is 1. The summed E-state index contributed by atoms with van der Waals surface area (Å²) in [6, 6.07) is 7.10. The SMILES string of the molecule is CCc1nc2ccccc2c(=O)n1N1C[C@]1(C(=O)OC)[C@@H](CC(C)C)OC(C)=O. The molecule has 0 N–H and O–H groups in total. The zero-order chi connectivity index (χ0) is 21.3. The lowest BCUT2D eigenvalue weighted by molar-refractivity contribution is -0.156. The molecule has 2 heterocycles. The minimum absolute atomic E-state index is 0.167. The van der Waals surface area contributed by atoms with Crippen LogP contribution in [0.15, 0.2) is 29.1 Å². The topological polar surface area (TPSA) is 90.5 Å². The Morgan fingerprint density at radius 3 is 2.55 bits per heavy atom. The molecule has 0 bridgehead atoms. The molecule has 0 unspecified atom stereocenters. The lowest BCUT2D eigenvalue weighted by atomic mass is 9.94. The zero-order valence-corrected chi connectivity index (χ0v) is 17.5. The summed E-state index contributed by atoms with van der Waals surface area (Å²) in [6.07, 6.45) is 0.217. The molecule has 2 aromatic rings. The molecular formula is C21H27N3O5. The number of fused-ring (bicyclic) bond motifs is 1. The van der Waals surface area contributed by atoms with Gasteiger partial charge in [0, 0.05) is 13.3 Å². The summed E-state index contributed by atoms with van der Waals surface area (Å²) in [7, 11) is 1.29. The van der Waals surface area contributed by atoms with Crippen LogP contribution in [-0.4, -0.2) is 46.9 Å². The van der Waals surface area contributed by atoms with E-state index < -0.39 is 23.6 Å². The number of para-hydroxylation sites is 1. The van der Waals surface area contributed by atoms with Crippen molar-refractivity contribution >= 4 is 22.8 Å². The first kappa shape index (κ1) is 20.8. The van der Waals surface area contributed by atoms with Crippen LogP contribution in [0.3, 0.4) is 0 Å². The maximum atomic E-state index is 13.3. The summed E-state index contributed by atoms with van der Waals surface area (Å²) in [5.41, 5.74) is -0.901. The molecule has 0 saturated carbocycles. The Bertz CT molecular complexity index is 999. The van der Waals surface area contributed by atoms with Crippen molar-refractivity contribution in [3.63, 3.8) is 0 Å². The Balaban J connectivity index is 2.16. The van der Waals surface area contributed by atoms with Crippen molar-refractivity contribution in [3.8, 4) is 0 Å². The smallest absolute Gasteiger partial charge is 0.339 e. The van der Waals surface area contributed by atoms with Crippen LogP contribution in [0.1, 0.15) is 39.9 Å². The Morgan fingerprint density at radius 2 is 1.97 bits per heavy atom. The van der Waals surface area contributed by atoms with Crippen molar-refractivity contribution < 1.29 is 19.1 Å². The first-order chi connectivity index (χ1) is 13.8. The maximum Gasteiger partial charge on any atom is 0.339 e. The minimum atomic E-state index is -1.25. The third kappa shape index (κ3) is 3.59. The normalized spacial score (nSPS) is 19.3. The molecule has 0 amide bonds. The molecule has 1 aliphatic rings. The molecule has 1 saturated heterocycles. The quantitative estimate of drug-likeness (QED) is 0.516. The van der Waals surface area contributed by atoms with E-state index in [0.717, 1.165) is 0 Å². The van der Waals surface area contributed by atoms with Gasteiger partial charge in [0.15, 0.2) is 0 Å². The number of methoxy groups -OCH3 is 1. The molecule has 0 aliphatic carbocycles. The number of nitrogens with zero attached hydrogens (tertiary/aromatic N) is 3. The van der Waals surface area contributed by atoms with Crippen LogP contribution in [0.2, 0.25) is 0 Å². The first-order valence-corrected chi connectivity index (χ1v) is 9.80. The van der Waals surface area contributed by atoms with E-state index in [9.17, 15) is 14.4 Å². The van der Waals surface area contributed by atoms with Crippen LogP contribution < -0.4 is 10.6 Å². The van der Waals surface area contributed by atoms with Gasteiger partial charge in [-0.05, 0) is 24.5 Å². The molecule has 1 fully saturated rings. The Labute approximate surface area is 169 Å². The second kappa shape index (κ2) is 7.85.